The molecule has 1 unspecified atom stereocenters. The number of nitrogens with zero attached hydrogens (tertiary/aromatic N) is 2. The molecule has 3 aromatic carbocycles. The molecular weight excluding hydrogens is 474 g/mol. The number of aromatic nitrogens is 2. The van der Waals surface area contributed by atoms with E-state index in [9.17, 15) is 9.90 Å². The van der Waals surface area contributed by atoms with Crippen molar-refractivity contribution in [3.63, 3.8) is 0 Å². The molecule has 2 N–H and O–H groups in total. The van der Waals surface area contributed by atoms with Crippen LogP contribution in [0.2, 0.25) is 0 Å². The van der Waals surface area contributed by atoms with E-state index in [1.807, 2.05) is 49.1 Å². The number of amides is 1. The summed E-state index contributed by atoms with van der Waals surface area (Å²) in [5, 5.41) is 18.5. The van der Waals surface area contributed by atoms with Gasteiger partial charge in [-0.3, -0.25) is 9.89 Å². The summed E-state index contributed by atoms with van der Waals surface area (Å²) in [6, 6.07) is 19.6. The highest BCUT2D eigenvalue weighted by Crippen LogP contribution is 2.46. The number of ether oxygens (including phenoxy) is 1. The molecule has 6 nitrogen and oxygen atoms in total. The van der Waals surface area contributed by atoms with E-state index in [-0.39, 0.29) is 17.7 Å². The maximum absolute atomic E-state index is 13.8. The monoisotopic (exact) mass is 509 g/mol. The van der Waals surface area contributed by atoms with Gasteiger partial charge in [0.15, 0.2) is 0 Å². The first-order valence-corrected chi connectivity index (χ1v) is 13.2. The van der Waals surface area contributed by atoms with Crippen molar-refractivity contribution in [1.29, 1.82) is 0 Å². The molecule has 1 aliphatic rings. The second kappa shape index (κ2) is 10.4. The third-order valence-electron chi connectivity index (χ3n) is 7.17. The van der Waals surface area contributed by atoms with Crippen molar-refractivity contribution in [2.24, 2.45) is 5.92 Å². The van der Waals surface area contributed by atoms with Crippen LogP contribution in [-0.4, -0.2) is 32.7 Å². The molecule has 6 heteroatoms. The lowest BCUT2D eigenvalue weighted by Gasteiger charge is -2.27. The molecule has 0 spiro atoms. The SMILES string of the molecule is Cc1ccc(CN2C(=O)c3[nH]nc(-c4c(C)cc(C)cc4O)c3C2c2cccc(OCCC(C)C)c2)cc1. The van der Waals surface area contributed by atoms with Gasteiger partial charge in [0.2, 0.25) is 0 Å². The highest BCUT2D eigenvalue weighted by molar-refractivity contribution is 6.00. The maximum atomic E-state index is 13.8. The number of phenols is 1. The molecule has 0 saturated heterocycles. The number of H-pyrrole nitrogens is 1. The van der Waals surface area contributed by atoms with Crippen LogP contribution >= 0.6 is 0 Å². The lowest BCUT2D eigenvalue weighted by atomic mass is 9.93. The van der Waals surface area contributed by atoms with Gasteiger partial charge in [0.1, 0.15) is 22.9 Å². The molecule has 0 radical (unpaired) electrons. The largest absolute Gasteiger partial charge is 0.507 e. The topological polar surface area (TPSA) is 78.5 Å². The number of rotatable bonds is 8. The number of hydrogen-bond acceptors (Lipinski definition) is 4. The quantitative estimate of drug-likeness (QED) is 0.271. The molecule has 5 rings (SSSR count). The van der Waals surface area contributed by atoms with Gasteiger partial charge in [-0.1, -0.05) is 61.9 Å². The fraction of sp³-hybridized carbons (Fsp3) is 0.312. The molecule has 38 heavy (non-hydrogen) atoms. The van der Waals surface area contributed by atoms with Gasteiger partial charge >= 0.3 is 0 Å². The van der Waals surface area contributed by atoms with Crippen molar-refractivity contribution in [2.45, 2.75) is 53.6 Å². The lowest BCUT2D eigenvalue weighted by molar-refractivity contribution is 0.0729. The Hall–Kier alpha value is -4.06. The average molecular weight is 510 g/mol. The standard InChI is InChI=1S/C32H35N3O3/c1-19(2)13-14-38-25-8-6-7-24(17-25)31-28-29(27-22(5)15-21(4)16-26(27)36)33-34-30(28)32(37)35(31)18-23-11-9-20(3)10-12-23/h6-12,15-17,19,31,36H,13-14,18H2,1-5H3,(H,33,34). The van der Waals surface area contributed by atoms with Crippen molar-refractivity contribution in [2.75, 3.05) is 6.61 Å². The Bertz CT molecular complexity index is 1450. The van der Waals surface area contributed by atoms with E-state index < -0.39 is 0 Å². The summed E-state index contributed by atoms with van der Waals surface area (Å²) >= 11 is 0. The van der Waals surface area contributed by atoms with E-state index in [0.29, 0.717) is 36.0 Å². The Morgan fingerprint density at radius 1 is 1.03 bits per heavy atom. The highest BCUT2D eigenvalue weighted by atomic mass is 16.5. The molecule has 0 saturated carbocycles. The number of aryl methyl sites for hydroxylation is 3. The second-order valence-electron chi connectivity index (χ2n) is 10.8. The summed E-state index contributed by atoms with van der Waals surface area (Å²) in [6.45, 7) is 11.4. The summed E-state index contributed by atoms with van der Waals surface area (Å²) in [4.78, 5) is 15.7. The van der Waals surface area contributed by atoms with Gasteiger partial charge in [0, 0.05) is 17.7 Å². The third kappa shape index (κ3) is 4.91. The first kappa shape index (κ1) is 25.6. The predicted molar refractivity (Wildman–Crippen MR) is 149 cm³/mol. The maximum Gasteiger partial charge on any atom is 0.273 e. The van der Waals surface area contributed by atoms with E-state index in [1.165, 1.54) is 5.56 Å². The van der Waals surface area contributed by atoms with Crippen molar-refractivity contribution < 1.29 is 14.6 Å². The molecular formula is C32H35N3O3. The van der Waals surface area contributed by atoms with E-state index in [4.69, 9.17) is 4.74 Å². The number of fused-ring (bicyclic) bond motifs is 1. The normalized spacial score (nSPS) is 14.8. The molecule has 1 aromatic heterocycles. The summed E-state index contributed by atoms with van der Waals surface area (Å²) in [5.41, 5.74) is 7.53. The highest BCUT2D eigenvalue weighted by Gasteiger charge is 2.43. The van der Waals surface area contributed by atoms with Crippen molar-refractivity contribution >= 4 is 5.91 Å². The summed E-state index contributed by atoms with van der Waals surface area (Å²) in [6.07, 6.45) is 0.966. The van der Waals surface area contributed by atoms with Gasteiger partial charge in [0.25, 0.3) is 5.91 Å². The Kier molecular flexibility index (Phi) is 6.98. The Morgan fingerprint density at radius 2 is 1.79 bits per heavy atom. The van der Waals surface area contributed by atoms with Crippen LogP contribution in [0.3, 0.4) is 0 Å². The zero-order chi connectivity index (χ0) is 27.0. The van der Waals surface area contributed by atoms with Crippen LogP contribution in [0.25, 0.3) is 11.3 Å². The summed E-state index contributed by atoms with van der Waals surface area (Å²) < 4.78 is 6.08. The molecule has 0 aliphatic carbocycles. The van der Waals surface area contributed by atoms with E-state index in [2.05, 4.69) is 55.2 Å². The smallest absolute Gasteiger partial charge is 0.273 e. The Morgan fingerprint density at radius 3 is 2.50 bits per heavy atom. The number of carbonyl (C=O) groups is 1. The van der Waals surface area contributed by atoms with Gasteiger partial charge < -0.3 is 14.7 Å². The molecule has 0 bridgehead atoms. The number of phenolic OH excluding ortho intramolecular Hbond substituents is 1. The minimum atomic E-state index is -0.388. The van der Waals surface area contributed by atoms with E-state index in [0.717, 1.165) is 40.0 Å². The molecule has 196 valence electrons. The van der Waals surface area contributed by atoms with Gasteiger partial charge in [-0.05, 0) is 73.6 Å². The van der Waals surface area contributed by atoms with Crippen molar-refractivity contribution in [3.8, 4) is 22.8 Å². The Balaban J connectivity index is 1.61. The first-order valence-electron chi connectivity index (χ1n) is 13.2. The number of aromatic amines is 1. The summed E-state index contributed by atoms with van der Waals surface area (Å²) in [7, 11) is 0. The number of aromatic hydroxyl groups is 1. The lowest BCUT2D eigenvalue weighted by Crippen LogP contribution is -2.29. The van der Waals surface area contributed by atoms with Crippen LogP contribution in [0.15, 0.2) is 60.7 Å². The van der Waals surface area contributed by atoms with E-state index in [1.54, 1.807) is 6.07 Å². The third-order valence-corrected chi connectivity index (χ3v) is 7.17. The van der Waals surface area contributed by atoms with Crippen LogP contribution in [0.1, 0.15) is 70.2 Å². The van der Waals surface area contributed by atoms with Crippen molar-refractivity contribution in [1.82, 2.24) is 15.1 Å². The zero-order valence-electron chi connectivity index (χ0n) is 22.7. The Labute approximate surface area is 224 Å². The van der Waals surface area contributed by atoms with Crippen LogP contribution in [0.4, 0.5) is 0 Å². The summed E-state index contributed by atoms with van der Waals surface area (Å²) in [5.74, 6) is 1.38. The molecule has 1 amide bonds. The fourth-order valence-electron chi connectivity index (χ4n) is 5.23. The number of nitrogens with one attached hydrogen (secondary N) is 1. The van der Waals surface area contributed by atoms with Gasteiger partial charge in [-0.2, -0.15) is 5.10 Å². The van der Waals surface area contributed by atoms with Gasteiger partial charge in [0.05, 0.1) is 12.6 Å². The fourth-order valence-corrected chi connectivity index (χ4v) is 5.23. The first-order chi connectivity index (χ1) is 18.2. The predicted octanol–water partition coefficient (Wildman–Crippen LogP) is 6.88. The van der Waals surface area contributed by atoms with Gasteiger partial charge in [-0.25, -0.2) is 0 Å². The minimum absolute atomic E-state index is 0.111. The van der Waals surface area contributed by atoms with Crippen LogP contribution in [0, 0.1) is 26.7 Å². The van der Waals surface area contributed by atoms with Crippen molar-refractivity contribution in [3.05, 3.63) is 99.7 Å². The van der Waals surface area contributed by atoms with Gasteiger partial charge in [-0.15, -0.1) is 0 Å². The van der Waals surface area contributed by atoms with E-state index >= 15 is 0 Å². The second-order valence-corrected chi connectivity index (χ2v) is 10.8. The number of carbonyl (C=O) groups excluding carboxylic acids is 1. The molecule has 4 aromatic rings. The zero-order valence-corrected chi connectivity index (χ0v) is 22.7. The van der Waals surface area contributed by atoms with Crippen LogP contribution < -0.4 is 4.74 Å². The molecule has 2 heterocycles. The average Bonchev–Trinajstić information content (AvgIpc) is 3.39. The number of benzene rings is 3. The molecule has 1 atom stereocenters. The number of hydrogen-bond donors (Lipinski definition) is 2. The minimum Gasteiger partial charge on any atom is -0.507 e. The molecule has 0 fully saturated rings. The van der Waals surface area contributed by atoms with Crippen LogP contribution in [-0.2, 0) is 6.54 Å². The van der Waals surface area contributed by atoms with Crippen LogP contribution in [0.5, 0.6) is 11.5 Å². The molecule has 1 aliphatic heterocycles.